The number of hydrogen-bond donors (Lipinski definition) is 1. The molecule has 0 aliphatic carbocycles. The van der Waals surface area contributed by atoms with E-state index in [1.165, 1.54) is 0 Å². The van der Waals surface area contributed by atoms with Crippen LogP contribution in [0.4, 0.5) is 4.39 Å². The molecule has 0 aliphatic heterocycles. The van der Waals surface area contributed by atoms with Gasteiger partial charge in [-0.25, -0.2) is 4.39 Å². The fourth-order valence-electron chi connectivity index (χ4n) is 2.66. The van der Waals surface area contributed by atoms with Gasteiger partial charge in [0.25, 0.3) is 5.65 Å². The SMILES string of the molecule is C=CCCCCCCCCCP(=O)(OCC)C(F)P(=O)(O)OC(C)(C)C(C)C. The Bertz CT molecular complexity index is 537. The van der Waals surface area contributed by atoms with E-state index in [-0.39, 0.29) is 18.7 Å². The standard InChI is InChI=1S/C20H41FO5P2/c1-7-9-10-11-12-13-14-15-16-17-27(22,25-8-2)19(21)28(23,24)26-20(5,6)18(3)4/h7,18-19H,1,8-17H2,2-6H3,(H,23,24). The van der Waals surface area contributed by atoms with Crippen LogP contribution < -0.4 is 0 Å². The number of rotatable bonds is 17. The van der Waals surface area contributed by atoms with E-state index in [2.05, 4.69) is 6.58 Å². The van der Waals surface area contributed by atoms with Gasteiger partial charge < -0.3 is 9.42 Å². The number of alkyl halides is 1. The molecule has 0 rings (SSSR count). The van der Waals surface area contributed by atoms with Crippen molar-refractivity contribution in [1.29, 1.82) is 0 Å². The van der Waals surface area contributed by atoms with E-state index in [4.69, 9.17) is 9.05 Å². The fourth-order valence-corrected chi connectivity index (χ4v) is 7.67. The molecular formula is C20H41FO5P2. The molecule has 0 saturated heterocycles. The van der Waals surface area contributed by atoms with Crippen LogP contribution in [0.15, 0.2) is 12.7 Å². The van der Waals surface area contributed by atoms with E-state index < -0.39 is 26.2 Å². The maximum Gasteiger partial charge on any atom is 0.372 e. The first-order valence-corrected chi connectivity index (χ1v) is 14.0. The lowest BCUT2D eigenvalue weighted by molar-refractivity contribution is 0.0428. The Hall–Kier alpha value is 0.01000. The minimum absolute atomic E-state index is 0.0224. The molecule has 0 amide bonds. The molecule has 0 heterocycles. The van der Waals surface area contributed by atoms with Crippen LogP contribution in [0.3, 0.4) is 0 Å². The van der Waals surface area contributed by atoms with Gasteiger partial charge in [0.2, 0.25) is 7.37 Å². The van der Waals surface area contributed by atoms with Gasteiger partial charge in [0.1, 0.15) is 0 Å². The second kappa shape index (κ2) is 13.3. The van der Waals surface area contributed by atoms with Gasteiger partial charge in [-0.15, -0.1) is 6.58 Å². The lowest BCUT2D eigenvalue weighted by Gasteiger charge is -2.34. The number of halogens is 1. The smallest absolute Gasteiger partial charge is 0.326 e. The second-order valence-electron chi connectivity index (χ2n) is 8.14. The predicted molar refractivity (Wildman–Crippen MR) is 116 cm³/mol. The zero-order valence-corrected chi connectivity index (χ0v) is 20.2. The van der Waals surface area contributed by atoms with Crippen LogP contribution >= 0.6 is 15.0 Å². The van der Waals surface area contributed by atoms with Crippen molar-refractivity contribution in [3.63, 3.8) is 0 Å². The molecule has 0 radical (unpaired) electrons. The van der Waals surface area contributed by atoms with Crippen LogP contribution in [0.2, 0.25) is 0 Å². The van der Waals surface area contributed by atoms with E-state index in [1.807, 2.05) is 19.9 Å². The van der Waals surface area contributed by atoms with Crippen LogP contribution in [0, 0.1) is 5.92 Å². The molecule has 3 atom stereocenters. The van der Waals surface area contributed by atoms with Gasteiger partial charge in [-0.3, -0.25) is 13.7 Å². The number of hydrogen-bond acceptors (Lipinski definition) is 4. The Balaban J connectivity index is 4.68. The molecular weight excluding hydrogens is 401 g/mol. The van der Waals surface area contributed by atoms with E-state index >= 15 is 0 Å². The van der Waals surface area contributed by atoms with Crippen LogP contribution in [0.1, 0.15) is 86.0 Å². The first-order valence-electron chi connectivity index (χ1n) is 10.4. The summed E-state index contributed by atoms with van der Waals surface area (Å²) in [6, 6.07) is 0. The van der Waals surface area contributed by atoms with Crippen LogP contribution in [0.25, 0.3) is 0 Å². The zero-order chi connectivity index (χ0) is 21.8. The van der Waals surface area contributed by atoms with Crippen LogP contribution in [-0.4, -0.2) is 28.9 Å². The highest BCUT2D eigenvalue weighted by molar-refractivity contribution is 7.74. The summed E-state index contributed by atoms with van der Waals surface area (Å²) in [5.41, 5.74) is -3.53. The summed E-state index contributed by atoms with van der Waals surface area (Å²) in [7, 11) is -8.68. The van der Waals surface area contributed by atoms with Gasteiger partial charge in [0.15, 0.2) is 0 Å². The van der Waals surface area contributed by atoms with Gasteiger partial charge in [-0.2, -0.15) is 0 Å². The molecule has 5 nitrogen and oxygen atoms in total. The minimum Gasteiger partial charge on any atom is -0.326 e. The topological polar surface area (TPSA) is 72.8 Å². The molecule has 0 aromatic carbocycles. The quantitative estimate of drug-likeness (QED) is 0.143. The monoisotopic (exact) mass is 442 g/mol. The molecule has 28 heavy (non-hydrogen) atoms. The second-order valence-corrected chi connectivity index (χ2v) is 12.9. The van der Waals surface area contributed by atoms with E-state index in [0.717, 1.165) is 44.9 Å². The summed E-state index contributed by atoms with van der Waals surface area (Å²) < 4.78 is 50.8. The predicted octanol–water partition coefficient (Wildman–Crippen LogP) is 7.50. The summed E-state index contributed by atoms with van der Waals surface area (Å²) in [6.45, 7) is 12.2. The summed E-state index contributed by atoms with van der Waals surface area (Å²) in [6.07, 6.45) is 9.66. The number of allylic oxidation sites excluding steroid dienone is 1. The first-order chi connectivity index (χ1) is 12.9. The Labute approximate surface area is 171 Å². The molecule has 0 aliphatic rings. The Morgan fingerprint density at radius 1 is 1.07 bits per heavy atom. The Morgan fingerprint density at radius 3 is 2.04 bits per heavy atom. The number of unbranched alkanes of at least 4 members (excludes halogenated alkanes) is 7. The van der Waals surface area contributed by atoms with E-state index in [0.29, 0.717) is 6.42 Å². The molecule has 0 aromatic heterocycles. The van der Waals surface area contributed by atoms with Crippen molar-refractivity contribution in [2.45, 2.75) is 97.2 Å². The van der Waals surface area contributed by atoms with E-state index in [1.54, 1.807) is 20.8 Å². The van der Waals surface area contributed by atoms with Gasteiger partial charge in [-0.1, -0.05) is 52.0 Å². The van der Waals surface area contributed by atoms with Crippen molar-refractivity contribution in [2.24, 2.45) is 5.92 Å². The molecule has 0 spiro atoms. The maximum atomic E-state index is 14.9. The molecule has 0 bridgehead atoms. The van der Waals surface area contributed by atoms with Crippen molar-refractivity contribution < 1.29 is 27.5 Å². The third-order valence-electron chi connectivity index (χ3n) is 5.08. The highest BCUT2D eigenvalue weighted by Crippen LogP contribution is 2.69. The lowest BCUT2D eigenvalue weighted by atomic mass is 9.95. The summed E-state index contributed by atoms with van der Waals surface area (Å²) in [5, 5.41) is 0. The summed E-state index contributed by atoms with van der Waals surface area (Å²) >= 11 is 0. The molecule has 1 N–H and O–H groups in total. The molecule has 0 fully saturated rings. The third-order valence-corrected chi connectivity index (χ3v) is 10.6. The average molecular weight is 442 g/mol. The Kier molecular flexibility index (Phi) is 13.3. The van der Waals surface area contributed by atoms with Crippen molar-refractivity contribution in [3.8, 4) is 0 Å². The largest absolute Gasteiger partial charge is 0.372 e. The zero-order valence-electron chi connectivity index (χ0n) is 18.4. The van der Waals surface area contributed by atoms with Crippen molar-refractivity contribution in [3.05, 3.63) is 12.7 Å². The van der Waals surface area contributed by atoms with Crippen LogP contribution in [0.5, 0.6) is 0 Å². The average Bonchev–Trinajstić information content (AvgIpc) is 2.59. The van der Waals surface area contributed by atoms with Gasteiger partial charge >= 0.3 is 7.60 Å². The molecule has 0 saturated carbocycles. The van der Waals surface area contributed by atoms with E-state index in [9.17, 15) is 18.4 Å². The van der Waals surface area contributed by atoms with Crippen LogP contribution in [-0.2, 0) is 18.2 Å². The van der Waals surface area contributed by atoms with Crippen molar-refractivity contribution >= 4 is 15.0 Å². The van der Waals surface area contributed by atoms with Crippen molar-refractivity contribution in [2.75, 3.05) is 12.8 Å². The highest BCUT2D eigenvalue weighted by atomic mass is 31.2. The molecule has 168 valence electrons. The fraction of sp³-hybridized carbons (Fsp3) is 0.900. The minimum atomic E-state index is -4.75. The normalized spacial score (nSPS) is 17.9. The summed E-state index contributed by atoms with van der Waals surface area (Å²) in [4.78, 5) is 10.2. The first kappa shape index (κ1) is 28.0. The third kappa shape index (κ3) is 10.2. The lowest BCUT2D eigenvalue weighted by Crippen LogP contribution is -2.31. The van der Waals surface area contributed by atoms with Gasteiger partial charge in [0.05, 0.1) is 12.2 Å². The molecule has 3 unspecified atom stereocenters. The van der Waals surface area contributed by atoms with Crippen molar-refractivity contribution in [1.82, 2.24) is 0 Å². The highest BCUT2D eigenvalue weighted by Gasteiger charge is 2.50. The van der Waals surface area contributed by atoms with Gasteiger partial charge in [0, 0.05) is 6.16 Å². The maximum absolute atomic E-state index is 14.9. The molecule has 0 aromatic rings. The summed E-state index contributed by atoms with van der Waals surface area (Å²) in [5.74, 6) is -0.113. The van der Waals surface area contributed by atoms with Gasteiger partial charge in [-0.05, 0) is 46.0 Å². The Morgan fingerprint density at radius 2 is 1.57 bits per heavy atom. The molecule has 8 heteroatoms.